The van der Waals surface area contributed by atoms with Crippen molar-refractivity contribution in [1.82, 2.24) is 20.2 Å². The summed E-state index contributed by atoms with van der Waals surface area (Å²) in [7, 11) is 0. The van der Waals surface area contributed by atoms with Gasteiger partial charge < -0.3 is 27.1 Å². The predicted octanol–water partition coefficient (Wildman–Crippen LogP) is 1.11. The first-order valence-corrected chi connectivity index (χ1v) is 11.4. The van der Waals surface area contributed by atoms with Crippen LogP contribution in [0.2, 0.25) is 4.34 Å². The number of allylic oxidation sites excluding steroid dienone is 1. The number of fused-ring (bicyclic) bond motifs is 1. The number of thiazole rings is 1. The number of aliphatic carboxylic acids is 1. The molecule has 2 aromatic rings. The Bertz CT molecular complexity index is 1230. The standard InChI is InChI=1S/C18H16ClN7O5S2/c19-13-10(24-18(21)33-13)11(25-31)15(27)23-9-6-3-4-7(12(17(29)30)26(6)16(9)28)32-8-2-1-5-22-14(8)20/h1-2,5-6,9,31H,3-4H2,(H2,20,22)(H2,21,24)(H,23,27)(H,29,30)/b25-11-/t6?,9-/m0/s1. The van der Waals surface area contributed by atoms with Crippen LogP contribution in [0.25, 0.3) is 0 Å². The minimum absolute atomic E-state index is 0.0436. The number of rotatable bonds is 6. The molecule has 0 aromatic carbocycles. The van der Waals surface area contributed by atoms with Gasteiger partial charge in [-0.3, -0.25) is 14.5 Å². The third-order valence-corrected chi connectivity index (χ3v) is 7.35. The zero-order valence-electron chi connectivity index (χ0n) is 16.6. The maximum Gasteiger partial charge on any atom is 0.353 e. The van der Waals surface area contributed by atoms with Gasteiger partial charge in [0.1, 0.15) is 27.6 Å². The molecule has 33 heavy (non-hydrogen) atoms. The maximum atomic E-state index is 12.8. The van der Waals surface area contributed by atoms with Crippen molar-refractivity contribution in [2.45, 2.75) is 29.8 Å². The average Bonchev–Trinajstić information content (AvgIpc) is 3.11. The second kappa shape index (κ2) is 8.88. The number of amides is 2. The molecule has 2 aliphatic heterocycles. The first-order valence-electron chi connectivity index (χ1n) is 9.35. The highest BCUT2D eigenvalue weighted by molar-refractivity contribution is 8.03. The van der Waals surface area contributed by atoms with E-state index < -0.39 is 35.6 Å². The van der Waals surface area contributed by atoms with E-state index in [0.717, 1.165) is 28.0 Å². The number of nitrogen functional groups attached to an aromatic ring is 2. The molecule has 7 N–H and O–H groups in total. The van der Waals surface area contributed by atoms with Crippen molar-refractivity contribution >= 4 is 69.1 Å². The molecule has 2 aromatic heterocycles. The van der Waals surface area contributed by atoms with E-state index in [0.29, 0.717) is 22.6 Å². The van der Waals surface area contributed by atoms with Gasteiger partial charge in [0.05, 0.1) is 10.9 Å². The summed E-state index contributed by atoms with van der Waals surface area (Å²) in [5.41, 5.74) is 10.6. The van der Waals surface area contributed by atoms with Crippen LogP contribution in [0.4, 0.5) is 10.9 Å². The number of aromatic nitrogens is 2. The molecule has 0 bridgehead atoms. The zero-order valence-corrected chi connectivity index (χ0v) is 18.9. The number of nitrogens with one attached hydrogen (secondary N) is 1. The summed E-state index contributed by atoms with van der Waals surface area (Å²) < 4.78 is 0.0436. The third kappa shape index (κ3) is 4.07. The second-order valence-corrected chi connectivity index (χ2v) is 9.72. The number of hydrogen-bond acceptors (Lipinski definition) is 11. The lowest BCUT2D eigenvalue weighted by Crippen LogP contribution is -2.72. The number of carboxylic acids is 1. The monoisotopic (exact) mass is 509 g/mol. The van der Waals surface area contributed by atoms with Gasteiger partial charge in [0, 0.05) is 11.1 Å². The summed E-state index contributed by atoms with van der Waals surface area (Å²) in [5.74, 6) is -2.53. The van der Waals surface area contributed by atoms with Crippen LogP contribution in [0, 0.1) is 0 Å². The van der Waals surface area contributed by atoms with Crippen molar-refractivity contribution in [3.05, 3.63) is 39.0 Å². The fourth-order valence-corrected chi connectivity index (χ4v) is 5.62. The quantitative estimate of drug-likeness (QED) is 0.163. The summed E-state index contributed by atoms with van der Waals surface area (Å²) in [6.07, 6.45) is 2.26. The van der Waals surface area contributed by atoms with Crippen LogP contribution >= 0.6 is 34.7 Å². The first-order chi connectivity index (χ1) is 15.7. The average molecular weight is 510 g/mol. The number of nitrogens with zero attached hydrogens (tertiary/aromatic N) is 4. The van der Waals surface area contributed by atoms with E-state index in [-0.39, 0.29) is 26.7 Å². The van der Waals surface area contributed by atoms with Gasteiger partial charge in [0.25, 0.3) is 11.8 Å². The van der Waals surface area contributed by atoms with Gasteiger partial charge in [-0.1, -0.05) is 39.9 Å². The third-order valence-electron chi connectivity index (χ3n) is 5.06. The molecule has 0 saturated carbocycles. The number of thioether (sulfide) groups is 1. The van der Waals surface area contributed by atoms with Crippen LogP contribution in [0.15, 0.2) is 39.0 Å². The van der Waals surface area contributed by atoms with E-state index in [9.17, 15) is 24.7 Å². The van der Waals surface area contributed by atoms with Gasteiger partial charge in [0.15, 0.2) is 10.8 Å². The molecule has 15 heteroatoms. The molecule has 1 fully saturated rings. The summed E-state index contributed by atoms with van der Waals surface area (Å²) in [5, 5.41) is 24.6. The highest BCUT2D eigenvalue weighted by atomic mass is 35.5. The van der Waals surface area contributed by atoms with Crippen LogP contribution < -0.4 is 16.8 Å². The number of halogens is 1. The fourth-order valence-electron chi connectivity index (χ4n) is 3.62. The van der Waals surface area contributed by atoms with E-state index >= 15 is 0 Å². The van der Waals surface area contributed by atoms with Gasteiger partial charge >= 0.3 is 5.97 Å². The largest absolute Gasteiger partial charge is 0.477 e. The SMILES string of the molecule is Nc1nc(/C(=N/O)C(=O)N[C@@H]2C(=O)N3C(C(=O)O)=C(Sc4cccnc4N)CCC23)c(Cl)s1. The number of oxime groups is 1. The number of carboxylic acid groups (broad SMARTS) is 1. The number of nitrogens with two attached hydrogens (primary N) is 2. The molecule has 2 amide bonds. The van der Waals surface area contributed by atoms with Crippen molar-refractivity contribution in [3.63, 3.8) is 0 Å². The second-order valence-electron chi connectivity index (χ2n) is 6.95. The van der Waals surface area contributed by atoms with E-state index in [1.54, 1.807) is 12.1 Å². The molecular formula is C18H16ClN7O5S2. The van der Waals surface area contributed by atoms with Crippen molar-refractivity contribution in [3.8, 4) is 0 Å². The number of carbonyl (C=O) groups excluding carboxylic acids is 2. The van der Waals surface area contributed by atoms with E-state index in [4.69, 9.17) is 23.1 Å². The van der Waals surface area contributed by atoms with Crippen LogP contribution in [0.3, 0.4) is 0 Å². The Labute approximate surface area is 199 Å². The van der Waals surface area contributed by atoms with Crippen molar-refractivity contribution in [2.75, 3.05) is 11.5 Å². The highest BCUT2D eigenvalue weighted by Gasteiger charge is 2.54. The summed E-state index contributed by atoms with van der Waals surface area (Å²) in [6, 6.07) is 1.79. The van der Waals surface area contributed by atoms with E-state index in [2.05, 4.69) is 20.4 Å². The number of β-lactam (4-membered cyclic amide) rings is 1. The van der Waals surface area contributed by atoms with Crippen molar-refractivity contribution in [2.24, 2.45) is 5.16 Å². The topological polar surface area (TPSA) is 197 Å². The van der Waals surface area contributed by atoms with Crippen molar-refractivity contribution in [1.29, 1.82) is 0 Å². The van der Waals surface area contributed by atoms with Gasteiger partial charge in [-0.05, 0) is 25.0 Å². The van der Waals surface area contributed by atoms with Gasteiger partial charge in [-0.2, -0.15) is 0 Å². The number of hydrogen-bond donors (Lipinski definition) is 5. The summed E-state index contributed by atoms with van der Waals surface area (Å²) in [4.78, 5) is 47.5. The summed E-state index contributed by atoms with van der Waals surface area (Å²) >= 11 is 8.01. The lowest BCUT2D eigenvalue weighted by Gasteiger charge is -2.50. The van der Waals surface area contributed by atoms with Crippen LogP contribution in [-0.4, -0.2) is 60.8 Å². The molecule has 2 aliphatic rings. The van der Waals surface area contributed by atoms with E-state index in [1.165, 1.54) is 6.20 Å². The molecule has 0 aliphatic carbocycles. The molecular weight excluding hydrogens is 494 g/mol. The van der Waals surface area contributed by atoms with Gasteiger partial charge in [-0.15, -0.1) is 0 Å². The fraction of sp³-hybridized carbons (Fsp3) is 0.222. The molecule has 0 radical (unpaired) electrons. The van der Waals surface area contributed by atoms with E-state index in [1.807, 2.05) is 0 Å². The number of pyridine rings is 1. The zero-order chi connectivity index (χ0) is 23.9. The molecule has 1 unspecified atom stereocenters. The maximum absolute atomic E-state index is 12.8. The van der Waals surface area contributed by atoms with Gasteiger partial charge in [-0.25, -0.2) is 14.8 Å². The Hall–Kier alpha value is -3.36. The van der Waals surface area contributed by atoms with Crippen LogP contribution in [0.5, 0.6) is 0 Å². The Balaban J connectivity index is 1.55. The van der Waals surface area contributed by atoms with Crippen LogP contribution in [0.1, 0.15) is 18.5 Å². The molecule has 2 atom stereocenters. The number of anilines is 2. The molecule has 4 heterocycles. The molecule has 4 rings (SSSR count). The minimum Gasteiger partial charge on any atom is -0.477 e. The normalized spacial score (nSPS) is 20.3. The molecule has 0 spiro atoms. The molecule has 1 saturated heterocycles. The smallest absolute Gasteiger partial charge is 0.353 e. The Kier molecular flexibility index (Phi) is 6.14. The van der Waals surface area contributed by atoms with Gasteiger partial charge in [0.2, 0.25) is 0 Å². The predicted molar refractivity (Wildman–Crippen MR) is 121 cm³/mol. The lowest BCUT2D eigenvalue weighted by atomic mass is 9.86. The Morgan fingerprint density at radius 2 is 2.15 bits per heavy atom. The highest BCUT2D eigenvalue weighted by Crippen LogP contribution is 2.44. The molecule has 12 nitrogen and oxygen atoms in total. The first kappa shape index (κ1) is 22.8. The number of carbonyl (C=O) groups is 3. The Morgan fingerprint density at radius 3 is 2.76 bits per heavy atom. The lowest BCUT2D eigenvalue weighted by molar-refractivity contribution is -0.155. The Morgan fingerprint density at radius 1 is 1.39 bits per heavy atom. The van der Waals surface area contributed by atoms with Crippen molar-refractivity contribution < 1.29 is 24.7 Å². The summed E-state index contributed by atoms with van der Waals surface area (Å²) in [6.45, 7) is 0. The molecule has 172 valence electrons. The minimum atomic E-state index is -1.27. The van der Waals surface area contributed by atoms with Crippen LogP contribution in [-0.2, 0) is 14.4 Å².